The van der Waals surface area contributed by atoms with Crippen molar-refractivity contribution in [2.24, 2.45) is 0 Å². The lowest BCUT2D eigenvalue weighted by molar-refractivity contribution is -0.137. The number of thioether (sulfide) groups is 1. The van der Waals surface area contributed by atoms with Crippen LogP contribution in [0.2, 0.25) is 0 Å². The molecule has 15 heavy (non-hydrogen) atoms. The number of urea groups is 1. The number of hydrogen-bond acceptors (Lipinski definition) is 5. The highest BCUT2D eigenvalue weighted by Gasteiger charge is 2.25. The zero-order chi connectivity index (χ0) is 11.3. The Morgan fingerprint density at radius 1 is 1.53 bits per heavy atom. The van der Waals surface area contributed by atoms with E-state index in [0.29, 0.717) is 13.1 Å². The molecule has 1 aliphatic rings. The molecule has 0 aromatic heterocycles. The molecule has 1 heterocycles. The van der Waals surface area contributed by atoms with Gasteiger partial charge in [-0.1, -0.05) is 0 Å². The predicted molar refractivity (Wildman–Crippen MR) is 54.5 cm³/mol. The van der Waals surface area contributed by atoms with Gasteiger partial charge in [0.15, 0.2) is 0 Å². The lowest BCUT2D eigenvalue weighted by atomic mass is 10.5. The van der Waals surface area contributed by atoms with Crippen molar-refractivity contribution in [2.75, 3.05) is 31.7 Å². The summed E-state index contributed by atoms with van der Waals surface area (Å²) in [6, 6.07) is -0.362. The Hall–Kier alpha value is -1.24. The van der Waals surface area contributed by atoms with Crippen LogP contribution < -0.4 is 5.32 Å². The smallest absolute Gasteiger partial charge is 0.324 e. The molecule has 6 nitrogen and oxygen atoms in total. The van der Waals surface area contributed by atoms with E-state index in [0.717, 1.165) is 16.7 Å². The number of amides is 3. The highest BCUT2D eigenvalue weighted by Crippen LogP contribution is 2.05. The molecule has 1 aliphatic heterocycles. The lowest BCUT2D eigenvalue weighted by Crippen LogP contribution is -2.35. The molecule has 0 saturated carbocycles. The monoisotopic (exact) mass is 232 g/mol. The molecule has 1 saturated heterocycles. The van der Waals surface area contributed by atoms with Crippen LogP contribution in [0.1, 0.15) is 0 Å². The lowest BCUT2D eigenvalue weighted by Gasteiger charge is -2.10. The van der Waals surface area contributed by atoms with E-state index in [1.165, 1.54) is 7.11 Å². The van der Waals surface area contributed by atoms with E-state index in [4.69, 9.17) is 0 Å². The van der Waals surface area contributed by atoms with Crippen LogP contribution in [-0.4, -0.2) is 54.5 Å². The molecule has 0 aliphatic carbocycles. The van der Waals surface area contributed by atoms with E-state index in [1.807, 2.05) is 0 Å². The number of carbonyl (C=O) groups is 3. The van der Waals surface area contributed by atoms with Crippen LogP contribution in [0.4, 0.5) is 4.79 Å². The largest absolute Gasteiger partial charge is 0.468 e. The topological polar surface area (TPSA) is 75.7 Å². The molecule has 7 heteroatoms. The van der Waals surface area contributed by atoms with Crippen molar-refractivity contribution in [3.8, 4) is 0 Å². The highest BCUT2D eigenvalue weighted by atomic mass is 32.2. The van der Waals surface area contributed by atoms with Crippen molar-refractivity contribution in [1.82, 2.24) is 10.2 Å². The molecule has 0 aromatic carbocycles. The molecule has 0 spiro atoms. The Morgan fingerprint density at radius 2 is 2.27 bits per heavy atom. The molecule has 1 fully saturated rings. The first-order chi connectivity index (χ1) is 7.15. The quantitative estimate of drug-likeness (QED) is 0.658. The highest BCUT2D eigenvalue weighted by molar-refractivity contribution is 8.00. The summed E-state index contributed by atoms with van der Waals surface area (Å²) in [6.07, 6.45) is 0. The minimum absolute atomic E-state index is 0.114. The zero-order valence-electron chi connectivity index (χ0n) is 8.32. The molecule has 0 unspecified atom stereocenters. The molecular weight excluding hydrogens is 220 g/mol. The van der Waals surface area contributed by atoms with Crippen LogP contribution in [0.15, 0.2) is 0 Å². The molecule has 84 valence electrons. The van der Waals surface area contributed by atoms with E-state index < -0.39 is 0 Å². The minimum atomic E-state index is -0.376. The van der Waals surface area contributed by atoms with Crippen LogP contribution in [0, 0.1) is 0 Å². The number of hydrogen-bond donors (Lipinski definition) is 1. The summed E-state index contributed by atoms with van der Waals surface area (Å²) in [5, 5.41) is 2.53. The molecule has 1 rings (SSSR count). The standard InChI is InChI=1S/C8H12N2O4S/c1-14-7(12)5-15-4-6(11)10-3-2-9-8(10)13/h2-5H2,1H3,(H,9,13). The Kier molecular flexibility index (Phi) is 4.41. The maximum Gasteiger partial charge on any atom is 0.324 e. The number of imide groups is 1. The number of methoxy groups -OCH3 is 1. The zero-order valence-corrected chi connectivity index (χ0v) is 9.13. The summed E-state index contributed by atoms with van der Waals surface area (Å²) in [6.45, 7) is 0.892. The third-order valence-electron chi connectivity index (χ3n) is 1.83. The van der Waals surface area contributed by atoms with Gasteiger partial charge >= 0.3 is 12.0 Å². The maximum atomic E-state index is 11.4. The van der Waals surface area contributed by atoms with Gasteiger partial charge in [-0.25, -0.2) is 4.79 Å². The van der Waals surface area contributed by atoms with E-state index >= 15 is 0 Å². The van der Waals surface area contributed by atoms with E-state index in [9.17, 15) is 14.4 Å². The molecular formula is C8H12N2O4S. The fourth-order valence-corrected chi connectivity index (χ4v) is 1.79. The summed E-state index contributed by atoms with van der Waals surface area (Å²) in [4.78, 5) is 34.4. The van der Waals surface area contributed by atoms with Crippen molar-refractivity contribution in [2.45, 2.75) is 0 Å². The van der Waals surface area contributed by atoms with E-state index in [-0.39, 0.29) is 29.4 Å². The van der Waals surface area contributed by atoms with Gasteiger partial charge in [0.05, 0.1) is 18.6 Å². The SMILES string of the molecule is COC(=O)CSCC(=O)N1CCNC1=O. The summed E-state index contributed by atoms with van der Waals surface area (Å²) in [7, 11) is 1.29. The van der Waals surface area contributed by atoms with Crippen molar-refractivity contribution in [3.63, 3.8) is 0 Å². The van der Waals surface area contributed by atoms with Gasteiger partial charge < -0.3 is 10.1 Å². The molecule has 0 radical (unpaired) electrons. The Morgan fingerprint density at radius 3 is 2.80 bits per heavy atom. The number of rotatable bonds is 4. The average molecular weight is 232 g/mol. The first kappa shape index (κ1) is 11.8. The van der Waals surface area contributed by atoms with Crippen LogP contribution >= 0.6 is 11.8 Å². The van der Waals surface area contributed by atoms with Crippen molar-refractivity contribution >= 4 is 29.7 Å². The number of nitrogens with one attached hydrogen (secondary N) is 1. The van der Waals surface area contributed by atoms with Crippen LogP contribution in [-0.2, 0) is 14.3 Å². The minimum Gasteiger partial charge on any atom is -0.468 e. The molecule has 0 bridgehead atoms. The Labute approximate surface area is 91.3 Å². The summed E-state index contributed by atoms with van der Waals surface area (Å²) in [5.41, 5.74) is 0. The summed E-state index contributed by atoms with van der Waals surface area (Å²) >= 11 is 1.14. The third kappa shape index (κ3) is 3.43. The van der Waals surface area contributed by atoms with E-state index in [2.05, 4.69) is 10.1 Å². The molecule has 0 aromatic rings. The molecule has 0 atom stereocenters. The van der Waals surface area contributed by atoms with Gasteiger partial charge in [-0.05, 0) is 0 Å². The number of carbonyl (C=O) groups excluding carboxylic acids is 3. The molecule has 3 amide bonds. The van der Waals surface area contributed by atoms with Gasteiger partial charge in [0, 0.05) is 13.1 Å². The second-order valence-electron chi connectivity index (χ2n) is 2.85. The molecule has 1 N–H and O–H groups in total. The first-order valence-electron chi connectivity index (χ1n) is 4.38. The second kappa shape index (κ2) is 5.59. The maximum absolute atomic E-state index is 11.4. The van der Waals surface area contributed by atoms with Gasteiger partial charge in [0.25, 0.3) is 0 Å². The van der Waals surface area contributed by atoms with E-state index in [1.54, 1.807) is 0 Å². The van der Waals surface area contributed by atoms with Crippen LogP contribution in [0.5, 0.6) is 0 Å². The number of nitrogens with zero attached hydrogens (tertiary/aromatic N) is 1. The Bertz CT molecular complexity index is 282. The number of esters is 1. The fourth-order valence-electron chi connectivity index (χ4n) is 1.07. The Balaban J connectivity index is 2.24. The van der Waals surface area contributed by atoms with Crippen molar-refractivity contribution in [3.05, 3.63) is 0 Å². The van der Waals surface area contributed by atoms with Gasteiger partial charge in [-0.3, -0.25) is 14.5 Å². The summed E-state index contributed by atoms with van der Waals surface area (Å²) < 4.78 is 4.41. The van der Waals surface area contributed by atoms with Gasteiger partial charge in [-0.2, -0.15) is 0 Å². The second-order valence-corrected chi connectivity index (χ2v) is 3.83. The van der Waals surface area contributed by atoms with Crippen LogP contribution in [0.3, 0.4) is 0 Å². The van der Waals surface area contributed by atoms with Crippen molar-refractivity contribution < 1.29 is 19.1 Å². The first-order valence-corrected chi connectivity index (χ1v) is 5.53. The predicted octanol–water partition coefficient (Wildman–Crippen LogP) is -0.556. The third-order valence-corrected chi connectivity index (χ3v) is 2.72. The van der Waals surface area contributed by atoms with Crippen molar-refractivity contribution in [1.29, 1.82) is 0 Å². The normalized spacial score (nSPS) is 15.0. The van der Waals surface area contributed by atoms with Gasteiger partial charge in [0.1, 0.15) is 0 Å². The average Bonchev–Trinajstić information content (AvgIpc) is 2.64. The number of ether oxygens (including phenoxy) is 1. The van der Waals surface area contributed by atoms with Gasteiger partial charge in [0.2, 0.25) is 5.91 Å². The van der Waals surface area contributed by atoms with Crippen LogP contribution in [0.25, 0.3) is 0 Å². The van der Waals surface area contributed by atoms with Gasteiger partial charge in [-0.15, -0.1) is 11.8 Å². The summed E-state index contributed by atoms with van der Waals surface area (Å²) in [5.74, 6) is -0.419. The fraction of sp³-hybridized carbons (Fsp3) is 0.625.